The van der Waals surface area contributed by atoms with Crippen LogP contribution in [0.5, 0.6) is 0 Å². The SMILES string of the molecule is CC(N)=NC(=O)NC1OC(CO)C(O)C1O. The number of urea groups is 1. The fraction of sp³-hybridized carbons (Fsp3) is 0.750. The highest BCUT2D eigenvalue weighted by molar-refractivity contribution is 5.91. The fourth-order valence-electron chi connectivity index (χ4n) is 1.33. The van der Waals surface area contributed by atoms with E-state index in [0.717, 1.165) is 0 Å². The van der Waals surface area contributed by atoms with E-state index in [1.807, 2.05) is 0 Å². The van der Waals surface area contributed by atoms with Crippen molar-refractivity contribution in [3.63, 3.8) is 0 Å². The van der Waals surface area contributed by atoms with Gasteiger partial charge in [-0.15, -0.1) is 0 Å². The number of ether oxygens (including phenoxy) is 1. The Morgan fingerprint density at radius 1 is 1.50 bits per heavy atom. The number of aliphatic hydroxyl groups excluding tert-OH is 3. The first kappa shape index (κ1) is 12.8. The zero-order valence-electron chi connectivity index (χ0n) is 8.70. The molecule has 0 saturated carbocycles. The average Bonchev–Trinajstić information content (AvgIpc) is 2.44. The van der Waals surface area contributed by atoms with E-state index in [4.69, 9.17) is 15.6 Å². The van der Waals surface area contributed by atoms with Gasteiger partial charge in [0, 0.05) is 0 Å². The minimum absolute atomic E-state index is 0.0595. The summed E-state index contributed by atoms with van der Waals surface area (Å²) in [5.41, 5.74) is 5.18. The molecule has 4 unspecified atom stereocenters. The number of hydrogen-bond donors (Lipinski definition) is 5. The number of nitrogens with zero attached hydrogens (tertiary/aromatic N) is 1. The van der Waals surface area contributed by atoms with Gasteiger partial charge in [-0.3, -0.25) is 0 Å². The lowest BCUT2D eigenvalue weighted by molar-refractivity contribution is -0.0281. The number of carbonyl (C=O) groups is 1. The molecular weight excluding hydrogens is 218 g/mol. The summed E-state index contributed by atoms with van der Waals surface area (Å²) in [5.74, 6) is 0.0595. The number of nitrogens with one attached hydrogen (secondary N) is 1. The quantitative estimate of drug-likeness (QED) is 0.264. The molecule has 0 aromatic carbocycles. The molecule has 0 aliphatic carbocycles. The summed E-state index contributed by atoms with van der Waals surface area (Å²) in [7, 11) is 0. The molecule has 92 valence electrons. The van der Waals surface area contributed by atoms with Crippen LogP contribution in [0.2, 0.25) is 0 Å². The summed E-state index contributed by atoms with van der Waals surface area (Å²) >= 11 is 0. The van der Waals surface area contributed by atoms with Crippen molar-refractivity contribution in [3.8, 4) is 0 Å². The summed E-state index contributed by atoms with van der Waals surface area (Å²) in [6.07, 6.45) is -4.60. The summed E-state index contributed by atoms with van der Waals surface area (Å²) in [6, 6.07) is -0.783. The second-order valence-electron chi connectivity index (χ2n) is 3.46. The Kier molecular flexibility index (Phi) is 4.19. The molecular formula is C8H15N3O5. The van der Waals surface area contributed by atoms with Crippen LogP contribution < -0.4 is 11.1 Å². The number of rotatable bonds is 2. The van der Waals surface area contributed by atoms with E-state index in [-0.39, 0.29) is 5.84 Å². The summed E-state index contributed by atoms with van der Waals surface area (Å²) in [5, 5.41) is 29.8. The minimum atomic E-state index is -1.31. The Labute approximate surface area is 91.7 Å². The Hall–Kier alpha value is -1.22. The molecule has 0 bridgehead atoms. The van der Waals surface area contributed by atoms with Gasteiger partial charge in [0.15, 0.2) is 6.23 Å². The first-order valence-corrected chi connectivity index (χ1v) is 4.69. The summed E-state index contributed by atoms with van der Waals surface area (Å²) in [4.78, 5) is 14.5. The van der Waals surface area contributed by atoms with Crippen LogP contribution in [0.1, 0.15) is 6.92 Å². The van der Waals surface area contributed by atoms with Crippen molar-refractivity contribution in [2.24, 2.45) is 10.7 Å². The van der Waals surface area contributed by atoms with Crippen molar-refractivity contribution in [2.45, 2.75) is 31.5 Å². The van der Waals surface area contributed by atoms with E-state index in [0.29, 0.717) is 0 Å². The second kappa shape index (κ2) is 5.21. The highest BCUT2D eigenvalue weighted by Crippen LogP contribution is 2.19. The highest BCUT2D eigenvalue weighted by Gasteiger charge is 2.42. The van der Waals surface area contributed by atoms with Crippen LogP contribution in [-0.4, -0.2) is 58.3 Å². The Morgan fingerprint density at radius 3 is 2.56 bits per heavy atom. The van der Waals surface area contributed by atoms with Gasteiger partial charge in [0.25, 0.3) is 0 Å². The van der Waals surface area contributed by atoms with Gasteiger partial charge in [-0.2, -0.15) is 4.99 Å². The van der Waals surface area contributed by atoms with Crippen LogP contribution >= 0.6 is 0 Å². The number of aliphatic hydroxyl groups is 3. The maximum Gasteiger partial charge on any atom is 0.344 e. The topological polar surface area (TPSA) is 137 Å². The van der Waals surface area contributed by atoms with E-state index in [1.54, 1.807) is 0 Å². The molecule has 1 heterocycles. The number of hydrogen-bond acceptors (Lipinski definition) is 5. The van der Waals surface area contributed by atoms with Crippen LogP contribution in [0.4, 0.5) is 4.79 Å². The first-order chi connectivity index (χ1) is 7.45. The monoisotopic (exact) mass is 233 g/mol. The van der Waals surface area contributed by atoms with Gasteiger partial charge in [-0.1, -0.05) is 0 Å². The maximum absolute atomic E-state index is 11.1. The predicted octanol–water partition coefficient (Wildman–Crippen LogP) is -2.49. The fourth-order valence-corrected chi connectivity index (χ4v) is 1.33. The van der Waals surface area contributed by atoms with Crippen molar-refractivity contribution in [3.05, 3.63) is 0 Å². The largest absolute Gasteiger partial charge is 0.394 e. The number of nitrogens with two attached hydrogens (primary N) is 1. The van der Waals surface area contributed by atoms with Crippen LogP contribution in [0.25, 0.3) is 0 Å². The van der Waals surface area contributed by atoms with Crippen molar-refractivity contribution < 1.29 is 24.9 Å². The van der Waals surface area contributed by atoms with Crippen LogP contribution in [0.3, 0.4) is 0 Å². The Bertz CT molecular complexity index is 291. The van der Waals surface area contributed by atoms with Crippen molar-refractivity contribution in [1.82, 2.24) is 5.32 Å². The van der Waals surface area contributed by atoms with Gasteiger partial charge in [0.1, 0.15) is 24.1 Å². The zero-order chi connectivity index (χ0) is 12.3. The number of aliphatic imine (C=N–C) groups is 1. The molecule has 0 aromatic heterocycles. The first-order valence-electron chi connectivity index (χ1n) is 4.69. The standard InChI is InChI=1S/C8H15N3O5/c1-3(9)10-8(15)11-7-6(14)5(13)4(2-12)16-7/h4-7,12-14H,2H2,1H3,(H3,9,10,11,15). The molecule has 0 radical (unpaired) electrons. The van der Waals surface area contributed by atoms with Crippen LogP contribution in [-0.2, 0) is 4.74 Å². The molecule has 1 fully saturated rings. The lowest BCUT2D eigenvalue weighted by Crippen LogP contribution is -2.43. The van der Waals surface area contributed by atoms with Gasteiger partial charge >= 0.3 is 6.03 Å². The molecule has 0 spiro atoms. The van der Waals surface area contributed by atoms with E-state index in [2.05, 4.69) is 10.3 Å². The molecule has 1 rings (SSSR count). The van der Waals surface area contributed by atoms with Gasteiger partial charge < -0.3 is 31.1 Å². The molecule has 8 heteroatoms. The van der Waals surface area contributed by atoms with E-state index in [1.165, 1.54) is 6.92 Å². The number of amides is 2. The number of amidine groups is 1. The zero-order valence-corrected chi connectivity index (χ0v) is 8.70. The van der Waals surface area contributed by atoms with E-state index < -0.39 is 37.2 Å². The summed E-state index contributed by atoms with van der Waals surface area (Å²) < 4.78 is 5.00. The van der Waals surface area contributed by atoms with E-state index >= 15 is 0 Å². The summed E-state index contributed by atoms with van der Waals surface area (Å²) in [6.45, 7) is 0.973. The lowest BCUT2D eigenvalue weighted by atomic mass is 10.1. The molecule has 1 saturated heterocycles. The Balaban J connectivity index is 2.56. The van der Waals surface area contributed by atoms with Gasteiger partial charge in [-0.05, 0) is 6.92 Å². The molecule has 2 amide bonds. The van der Waals surface area contributed by atoms with Gasteiger partial charge in [0.05, 0.1) is 6.61 Å². The normalized spacial score (nSPS) is 35.1. The van der Waals surface area contributed by atoms with Gasteiger partial charge in [-0.25, -0.2) is 4.79 Å². The average molecular weight is 233 g/mol. The van der Waals surface area contributed by atoms with Crippen molar-refractivity contribution in [2.75, 3.05) is 6.61 Å². The van der Waals surface area contributed by atoms with Crippen LogP contribution in [0, 0.1) is 0 Å². The smallest absolute Gasteiger partial charge is 0.344 e. The molecule has 1 aliphatic rings. The molecule has 4 atom stereocenters. The second-order valence-corrected chi connectivity index (χ2v) is 3.46. The lowest BCUT2D eigenvalue weighted by Gasteiger charge is -2.14. The third-order valence-electron chi connectivity index (χ3n) is 2.09. The van der Waals surface area contributed by atoms with Gasteiger partial charge in [0.2, 0.25) is 0 Å². The maximum atomic E-state index is 11.1. The molecule has 1 aliphatic heterocycles. The van der Waals surface area contributed by atoms with Crippen molar-refractivity contribution in [1.29, 1.82) is 0 Å². The predicted molar refractivity (Wildman–Crippen MR) is 53.6 cm³/mol. The Morgan fingerprint density at radius 2 is 2.12 bits per heavy atom. The molecule has 6 N–H and O–H groups in total. The minimum Gasteiger partial charge on any atom is -0.394 e. The van der Waals surface area contributed by atoms with Crippen molar-refractivity contribution >= 4 is 11.9 Å². The van der Waals surface area contributed by atoms with E-state index in [9.17, 15) is 15.0 Å². The third-order valence-corrected chi connectivity index (χ3v) is 2.09. The molecule has 16 heavy (non-hydrogen) atoms. The molecule has 8 nitrogen and oxygen atoms in total. The number of carbonyl (C=O) groups excluding carboxylic acids is 1. The molecule has 0 aromatic rings. The van der Waals surface area contributed by atoms with Crippen LogP contribution in [0.15, 0.2) is 4.99 Å². The third kappa shape index (κ3) is 2.89. The highest BCUT2D eigenvalue weighted by atomic mass is 16.6.